The molecule has 0 saturated carbocycles. The van der Waals surface area contributed by atoms with Gasteiger partial charge in [-0.3, -0.25) is 14.4 Å². The lowest BCUT2D eigenvalue weighted by atomic mass is 10.0. The van der Waals surface area contributed by atoms with Crippen LogP contribution in [0.3, 0.4) is 0 Å². The van der Waals surface area contributed by atoms with Gasteiger partial charge in [-0.05, 0) is 25.7 Å². The molecule has 7 N–H and O–H groups in total. The van der Waals surface area contributed by atoms with Crippen molar-refractivity contribution in [2.75, 3.05) is 0 Å². The summed E-state index contributed by atoms with van der Waals surface area (Å²) in [5.74, 6) is -4.29. The standard InChI is InChI=1S/C37H69N3O8/c1-2-3-4-5-6-7-8-9-10-11-12-13-14-15-16-21-24-27-33(41)40-32(37(47)48)28-29-34(42)39-31(36(45)46)26-23-20-18-17-19-22-25-30(38)35(43)44/h30-32H,2-29,38H2,1H3,(H,39,42)(H,40,41)(H,43,44)(H,45,46)(H,47,48). The van der Waals surface area contributed by atoms with E-state index in [0.29, 0.717) is 19.3 Å². The maximum atomic E-state index is 12.4. The molecule has 0 heterocycles. The number of hydrogen-bond donors (Lipinski definition) is 6. The van der Waals surface area contributed by atoms with Gasteiger partial charge < -0.3 is 31.7 Å². The van der Waals surface area contributed by atoms with Crippen molar-refractivity contribution < 1.29 is 39.3 Å². The molecular formula is C37H69N3O8. The van der Waals surface area contributed by atoms with E-state index in [1.165, 1.54) is 83.5 Å². The summed E-state index contributed by atoms with van der Waals surface area (Å²) in [6.07, 6.45) is 26.5. The molecule has 2 amide bonds. The van der Waals surface area contributed by atoms with Crippen LogP contribution >= 0.6 is 0 Å². The van der Waals surface area contributed by atoms with Gasteiger partial charge in [0.2, 0.25) is 11.8 Å². The molecule has 0 aliphatic carbocycles. The number of carboxylic acid groups (broad SMARTS) is 3. The van der Waals surface area contributed by atoms with E-state index >= 15 is 0 Å². The summed E-state index contributed by atoms with van der Waals surface area (Å²) in [6.45, 7) is 2.25. The van der Waals surface area contributed by atoms with E-state index in [0.717, 1.165) is 51.4 Å². The number of rotatable bonds is 35. The number of carboxylic acids is 3. The van der Waals surface area contributed by atoms with E-state index in [4.69, 9.17) is 10.8 Å². The molecule has 280 valence electrons. The van der Waals surface area contributed by atoms with Crippen LogP contribution in [0.1, 0.15) is 187 Å². The lowest BCUT2D eigenvalue weighted by Gasteiger charge is -2.17. The van der Waals surface area contributed by atoms with Gasteiger partial charge in [0.1, 0.15) is 18.1 Å². The largest absolute Gasteiger partial charge is 0.480 e. The molecule has 0 bridgehead atoms. The molecule has 0 aromatic heterocycles. The molecule has 0 aliphatic rings. The van der Waals surface area contributed by atoms with Crippen LogP contribution < -0.4 is 16.4 Å². The van der Waals surface area contributed by atoms with Crippen molar-refractivity contribution in [2.24, 2.45) is 5.73 Å². The Morgan fingerprint density at radius 3 is 1.17 bits per heavy atom. The van der Waals surface area contributed by atoms with Gasteiger partial charge in [-0.15, -0.1) is 0 Å². The summed E-state index contributed by atoms with van der Waals surface area (Å²) in [7, 11) is 0. The van der Waals surface area contributed by atoms with Gasteiger partial charge in [-0.2, -0.15) is 0 Å². The van der Waals surface area contributed by atoms with Crippen molar-refractivity contribution in [3.05, 3.63) is 0 Å². The van der Waals surface area contributed by atoms with Gasteiger partial charge in [0.25, 0.3) is 0 Å². The summed E-state index contributed by atoms with van der Waals surface area (Å²) in [6, 6.07) is -3.11. The van der Waals surface area contributed by atoms with E-state index in [9.17, 15) is 34.2 Å². The fourth-order valence-corrected chi connectivity index (χ4v) is 5.88. The first-order chi connectivity index (χ1) is 23.1. The second-order valence-corrected chi connectivity index (χ2v) is 13.5. The van der Waals surface area contributed by atoms with E-state index in [-0.39, 0.29) is 31.6 Å². The molecule has 3 atom stereocenters. The minimum absolute atomic E-state index is 0.121. The van der Waals surface area contributed by atoms with E-state index in [1.54, 1.807) is 0 Å². The Kier molecular flexibility index (Phi) is 29.8. The van der Waals surface area contributed by atoms with Crippen LogP contribution in [0, 0.1) is 0 Å². The second kappa shape index (κ2) is 31.6. The van der Waals surface area contributed by atoms with Crippen LogP contribution in [0.4, 0.5) is 0 Å². The summed E-state index contributed by atoms with van der Waals surface area (Å²) < 4.78 is 0. The molecule has 0 aromatic carbocycles. The molecule has 11 nitrogen and oxygen atoms in total. The Hall–Kier alpha value is -2.69. The van der Waals surface area contributed by atoms with Crippen LogP contribution in [0.15, 0.2) is 0 Å². The first kappa shape index (κ1) is 45.3. The molecule has 11 heteroatoms. The third-order valence-electron chi connectivity index (χ3n) is 9.01. The summed E-state index contributed by atoms with van der Waals surface area (Å²) in [5, 5.41) is 32.8. The average Bonchev–Trinajstić information content (AvgIpc) is 3.04. The Bertz CT molecular complexity index is 870. The predicted octanol–water partition coefficient (Wildman–Crippen LogP) is 7.48. The van der Waals surface area contributed by atoms with E-state index in [1.807, 2.05) is 0 Å². The SMILES string of the molecule is CCCCCCCCCCCCCCCCCCCC(=O)NC(CCC(=O)NC(CCCCCCCCC(N)C(=O)O)C(=O)O)C(=O)O. The van der Waals surface area contributed by atoms with E-state index < -0.39 is 41.9 Å². The zero-order valence-electron chi connectivity index (χ0n) is 30.0. The summed E-state index contributed by atoms with van der Waals surface area (Å²) in [5.41, 5.74) is 5.48. The number of unbranched alkanes of at least 4 members (excludes halogenated alkanes) is 21. The minimum atomic E-state index is -1.22. The van der Waals surface area contributed by atoms with Crippen molar-refractivity contribution in [3.63, 3.8) is 0 Å². The number of amides is 2. The second-order valence-electron chi connectivity index (χ2n) is 13.5. The Morgan fingerprint density at radius 1 is 0.438 bits per heavy atom. The number of carbonyl (C=O) groups is 5. The molecule has 48 heavy (non-hydrogen) atoms. The molecule has 0 spiro atoms. The number of aliphatic carboxylic acids is 3. The van der Waals surface area contributed by atoms with Crippen LogP contribution in [0.2, 0.25) is 0 Å². The maximum absolute atomic E-state index is 12.4. The first-order valence-electron chi connectivity index (χ1n) is 19.1. The van der Waals surface area contributed by atoms with Crippen molar-refractivity contribution in [1.82, 2.24) is 10.6 Å². The molecule has 0 fully saturated rings. The average molecular weight is 684 g/mol. The van der Waals surface area contributed by atoms with Gasteiger partial charge in [-0.1, -0.05) is 148 Å². The molecular weight excluding hydrogens is 614 g/mol. The fourth-order valence-electron chi connectivity index (χ4n) is 5.88. The maximum Gasteiger partial charge on any atom is 0.326 e. The summed E-state index contributed by atoms with van der Waals surface area (Å²) >= 11 is 0. The molecule has 0 rings (SSSR count). The number of carbonyl (C=O) groups excluding carboxylic acids is 2. The van der Waals surface area contributed by atoms with Crippen LogP contribution in [-0.2, 0) is 24.0 Å². The monoisotopic (exact) mass is 684 g/mol. The van der Waals surface area contributed by atoms with Crippen molar-refractivity contribution >= 4 is 29.7 Å². The highest BCUT2D eigenvalue weighted by Crippen LogP contribution is 2.15. The van der Waals surface area contributed by atoms with Gasteiger partial charge in [0, 0.05) is 12.8 Å². The first-order valence-corrected chi connectivity index (χ1v) is 19.1. The van der Waals surface area contributed by atoms with Gasteiger partial charge in [-0.25, -0.2) is 9.59 Å². The van der Waals surface area contributed by atoms with Gasteiger partial charge in [0.05, 0.1) is 0 Å². The predicted molar refractivity (Wildman–Crippen MR) is 190 cm³/mol. The topological polar surface area (TPSA) is 196 Å². The van der Waals surface area contributed by atoms with E-state index in [2.05, 4.69) is 17.6 Å². The number of nitrogens with one attached hydrogen (secondary N) is 2. The van der Waals surface area contributed by atoms with Crippen molar-refractivity contribution in [3.8, 4) is 0 Å². The molecule has 0 radical (unpaired) electrons. The minimum Gasteiger partial charge on any atom is -0.480 e. The Labute approximate surface area is 290 Å². The highest BCUT2D eigenvalue weighted by atomic mass is 16.4. The highest BCUT2D eigenvalue weighted by molar-refractivity contribution is 5.86. The van der Waals surface area contributed by atoms with Gasteiger partial charge in [0.15, 0.2) is 0 Å². The third kappa shape index (κ3) is 28.3. The molecule has 0 aromatic rings. The quantitative estimate of drug-likeness (QED) is 0.0367. The Balaban J connectivity index is 3.96. The molecule has 0 saturated heterocycles. The van der Waals surface area contributed by atoms with Crippen LogP contribution in [-0.4, -0.2) is 63.2 Å². The van der Waals surface area contributed by atoms with Gasteiger partial charge >= 0.3 is 17.9 Å². The summed E-state index contributed by atoms with van der Waals surface area (Å²) in [4.78, 5) is 58.7. The fraction of sp³-hybridized carbons (Fsp3) is 0.865. The molecule has 3 unspecified atom stereocenters. The smallest absolute Gasteiger partial charge is 0.326 e. The lowest BCUT2D eigenvalue weighted by Crippen LogP contribution is -2.43. The zero-order valence-corrected chi connectivity index (χ0v) is 30.0. The Morgan fingerprint density at radius 2 is 0.771 bits per heavy atom. The van der Waals surface area contributed by atoms with Crippen molar-refractivity contribution in [1.29, 1.82) is 0 Å². The number of nitrogens with two attached hydrogens (primary N) is 1. The molecule has 0 aliphatic heterocycles. The third-order valence-corrected chi connectivity index (χ3v) is 9.01. The zero-order chi connectivity index (χ0) is 35.8. The van der Waals surface area contributed by atoms with Crippen LogP contribution in [0.25, 0.3) is 0 Å². The van der Waals surface area contributed by atoms with Crippen molar-refractivity contribution in [2.45, 2.75) is 205 Å². The lowest BCUT2D eigenvalue weighted by molar-refractivity contribution is -0.143. The normalized spacial score (nSPS) is 13.0. The van der Waals surface area contributed by atoms with Crippen LogP contribution in [0.5, 0.6) is 0 Å². The number of hydrogen-bond acceptors (Lipinski definition) is 6. The highest BCUT2D eigenvalue weighted by Gasteiger charge is 2.23.